The average molecular weight is 784 g/mol. The van der Waals surface area contributed by atoms with E-state index in [0.717, 1.165) is 39.0 Å². The molecule has 0 fully saturated rings. The molecule has 9 aromatic carbocycles. The van der Waals surface area contributed by atoms with Gasteiger partial charge in [-0.1, -0.05) is 170 Å². The average Bonchev–Trinajstić information content (AvgIpc) is 3.98. The summed E-state index contributed by atoms with van der Waals surface area (Å²) >= 11 is 1.92. The maximum Gasteiger partial charge on any atom is 0.137 e. The first kappa shape index (κ1) is 34.6. The van der Waals surface area contributed by atoms with Crippen LogP contribution in [0.25, 0.3) is 64.7 Å². The molecule has 2 heterocycles. The Hall–Kier alpha value is -7.46. The molecule has 1 aliphatic carbocycles. The molecule has 3 heteroatoms. The van der Waals surface area contributed by atoms with Gasteiger partial charge in [-0.3, -0.25) is 0 Å². The molecule has 0 atom stereocenters. The normalized spacial score (nSPS) is 12.8. The van der Waals surface area contributed by atoms with Gasteiger partial charge in [0, 0.05) is 43.5 Å². The van der Waals surface area contributed by atoms with Crippen molar-refractivity contribution < 1.29 is 4.42 Å². The zero-order valence-corrected chi connectivity index (χ0v) is 33.4. The molecule has 282 valence electrons. The fourth-order valence-corrected chi connectivity index (χ4v) is 11.1. The van der Waals surface area contributed by atoms with Crippen molar-refractivity contribution in [1.29, 1.82) is 0 Å². The van der Waals surface area contributed by atoms with Crippen LogP contribution >= 0.6 is 11.3 Å². The Balaban J connectivity index is 0.951. The lowest BCUT2D eigenvalue weighted by Gasteiger charge is -2.35. The highest BCUT2D eigenvalue weighted by Crippen LogP contribution is 2.62. The summed E-state index contributed by atoms with van der Waals surface area (Å²) in [4.78, 5) is 3.66. The van der Waals surface area contributed by atoms with Gasteiger partial charge in [0.2, 0.25) is 0 Å². The first-order valence-corrected chi connectivity index (χ1v) is 21.3. The van der Waals surface area contributed by atoms with E-state index in [0.29, 0.717) is 0 Å². The molecule has 0 bridgehead atoms. The monoisotopic (exact) mass is 783 g/mol. The number of benzene rings is 9. The Labute approximate surface area is 352 Å². The second-order valence-corrected chi connectivity index (χ2v) is 16.6. The molecule has 0 unspecified atom stereocenters. The molecule has 2 nitrogen and oxygen atoms in total. The van der Waals surface area contributed by atoms with E-state index in [1.165, 1.54) is 65.0 Å². The van der Waals surface area contributed by atoms with Gasteiger partial charge >= 0.3 is 0 Å². The largest absolute Gasteiger partial charge is 0.456 e. The third-order valence-corrected chi connectivity index (χ3v) is 13.6. The van der Waals surface area contributed by atoms with Crippen molar-refractivity contribution in [3.05, 3.63) is 247 Å². The number of hydrogen-bond acceptors (Lipinski definition) is 3. The number of hydrogen-bond donors (Lipinski definition) is 0. The lowest BCUT2D eigenvalue weighted by molar-refractivity contribution is 0.669. The highest BCUT2D eigenvalue weighted by atomic mass is 32.1. The van der Waals surface area contributed by atoms with Crippen LogP contribution in [-0.2, 0) is 5.41 Å². The minimum Gasteiger partial charge on any atom is -0.456 e. The lowest BCUT2D eigenvalue weighted by Crippen LogP contribution is -2.29. The van der Waals surface area contributed by atoms with Gasteiger partial charge < -0.3 is 9.32 Å². The van der Waals surface area contributed by atoms with Gasteiger partial charge in [0.25, 0.3) is 0 Å². The van der Waals surface area contributed by atoms with Crippen LogP contribution in [0.4, 0.5) is 17.1 Å². The first-order chi connectivity index (χ1) is 29.8. The third-order valence-electron chi connectivity index (χ3n) is 12.4. The van der Waals surface area contributed by atoms with Crippen molar-refractivity contribution in [1.82, 2.24) is 0 Å². The summed E-state index contributed by atoms with van der Waals surface area (Å²) in [6.07, 6.45) is 0. The Morgan fingerprint density at radius 1 is 0.367 bits per heavy atom. The smallest absolute Gasteiger partial charge is 0.137 e. The second-order valence-electron chi connectivity index (χ2n) is 15.6. The molecule has 0 radical (unpaired) electrons. The molecule has 0 saturated heterocycles. The van der Waals surface area contributed by atoms with E-state index in [1.807, 2.05) is 23.5 Å². The van der Waals surface area contributed by atoms with Crippen LogP contribution in [0, 0.1) is 0 Å². The van der Waals surface area contributed by atoms with Crippen molar-refractivity contribution in [2.75, 3.05) is 4.90 Å². The summed E-state index contributed by atoms with van der Waals surface area (Å²) in [6.45, 7) is 0. The summed E-state index contributed by atoms with van der Waals surface area (Å²) in [5.74, 6) is 0. The summed E-state index contributed by atoms with van der Waals surface area (Å²) in [5, 5.41) is 3.58. The quantitative estimate of drug-likeness (QED) is 0.160. The van der Waals surface area contributed by atoms with Gasteiger partial charge in [0.05, 0.1) is 5.41 Å². The number of anilines is 3. The minimum absolute atomic E-state index is 0.489. The van der Waals surface area contributed by atoms with E-state index in [9.17, 15) is 0 Å². The summed E-state index contributed by atoms with van der Waals surface area (Å²) < 4.78 is 7.64. The van der Waals surface area contributed by atoms with E-state index >= 15 is 0 Å². The number of thiophene rings is 1. The van der Waals surface area contributed by atoms with Crippen LogP contribution in [0.3, 0.4) is 0 Å². The summed E-state index contributed by atoms with van der Waals surface area (Å²) in [5.41, 5.74) is 15.9. The third kappa shape index (κ3) is 5.26. The van der Waals surface area contributed by atoms with Crippen molar-refractivity contribution >= 4 is 60.4 Å². The van der Waals surface area contributed by atoms with Gasteiger partial charge in [-0.05, 0) is 104 Å². The maximum atomic E-state index is 6.32. The van der Waals surface area contributed by atoms with Crippen molar-refractivity contribution in [2.24, 2.45) is 0 Å². The molecule has 0 aliphatic heterocycles. The fourth-order valence-electron chi connectivity index (χ4n) is 9.76. The number of para-hydroxylation sites is 2. The van der Waals surface area contributed by atoms with Gasteiger partial charge in [-0.25, -0.2) is 0 Å². The van der Waals surface area contributed by atoms with Crippen LogP contribution in [-0.4, -0.2) is 0 Å². The first-order valence-electron chi connectivity index (χ1n) is 20.5. The number of rotatable bonds is 7. The standard InChI is InChI=1S/C57H37NOS/c1-4-15-41(16-5-1)57(42-17-6-2-7-18-42)54-46(23-14-24-50(54)56-55(57)49-22-11-13-26-53(49)60-56)40-29-27-38(28-30-40)39-31-33-44(34-32-39)58(43-19-8-3-9-20-43)45-35-36-48-47-21-10-12-25-51(47)59-52(48)37-45/h1-37H. The van der Waals surface area contributed by atoms with E-state index in [1.54, 1.807) is 0 Å². The number of nitrogens with zero attached hydrogens (tertiary/aromatic N) is 1. The fraction of sp³-hybridized carbons (Fsp3) is 0.0175. The Morgan fingerprint density at radius 3 is 1.62 bits per heavy atom. The highest BCUT2D eigenvalue weighted by molar-refractivity contribution is 7.22. The molecule has 0 N–H and O–H groups in total. The van der Waals surface area contributed by atoms with Crippen LogP contribution in [0.15, 0.2) is 229 Å². The summed E-state index contributed by atoms with van der Waals surface area (Å²) in [6, 6.07) is 81.5. The predicted octanol–water partition coefficient (Wildman–Crippen LogP) is 16.0. The van der Waals surface area contributed by atoms with Crippen LogP contribution in [0.1, 0.15) is 22.3 Å². The highest BCUT2D eigenvalue weighted by Gasteiger charge is 2.49. The Kier molecular flexibility index (Phi) is 7.97. The molecule has 0 amide bonds. The number of fused-ring (bicyclic) bond motifs is 8. The number of furan rings is 1. The van der Waals surface area contributed by atoms with Gasteiger partial charge in [-0.15, -0.1) is 11.3 Å². The summed E-state index contributed by atoms with van der Waals surface area (Å²) in [7, 11) is 0. The molecular weight excluding hydrogens is 747 g/mol. The molecule has 0 spiro atoms. The lowest BCUT2D eigenvalue weighted by atomic mass is 9.65. The van der Waals surface area contributed by atoms with Gasteiger partial charge in [0.1, 0.15) is 11.2 Å². The maximum absolute atomic E-state index is 6.32. The molecule has 2 aromatic heterocycles. The SMILES string of the molecule is c1ccc(N(c2ccc(-c3ccc(-c4cccc5c4C(c4ccccc4)(c4ccccc4)c4c-5sc5ccccc45)cc3)cc2)c2ccc3c(c2)oc2ccccc23)cc1. The molecule has 12 rings (SSSR count). The molecular formula is C57H37NOS. The van der Waals surface area contributed by atoms with Crippen LogP contribution in [0.2, 0.25) is 0 Å². The minimum atomic E-state index is -0.489. The van der Waals surface area contributed by atoms with E-state index < -0.39 is 5.41 Å². The van der Waals surface area contributed by atoms with E-state index in [-0.39, 0.29) is 0 Å². The van der Waals surface area contributed by atoms with E-state index in [4.69, 9.17) is 4.42 Å². The van der Waals surface area contributed by atoms with Gasteiger partial charge in [0.15, 0.2) is 0 Å². The zero-order chi connectivity index (χ0) is 39.6. The second kappa shape index (κ2) is 13.8. The van der Waals surface area contributed by atoms with Crippen LogP contribution in [0.5, 0.6) is 0 Å². The molecule has 1 aliphatic rings. The van der Waals surface area contributed by atoms with Crippen molar-refractivity contribution in [3.8, 4) is 32.7 Å². The van der Waals surface area contributed by atoms with Crippen LogP contribution < -0.4 is 4.90 Å². The zero-order valence-electron chi connectivity index (χ0n) is 32.6. The van der Waals surface area contributed by atoms with Crippen molar-refractivity contribution in [2.45, 2.75) is 5.41 Å². The predicted molar refractivity (Wildman–Crippen MR) is 252 cm³/mol. The topological polar surface area (TPSA) is 16.4 Å². The Morgan fingerprint density at radius 2 is 0.900 bits per heavy atom. The molecule has 0 saturated carbocycles. The van der Waals surface area contributed by atoms with E-state index in [2.05, 4.69) is 217 Å². The molecule has 60 heavy (non-hydrogen) atoms. The Bertz CT molecular complexity index is 3310. The van der Waals surface area contributed by atoms with Crippen molar-refractivity contribution in [3.63, 3.8) is 0 Å². The van der Waals surface area contributed by atoms with Gasteiger partial charge in [-0.2, -0.15) is 0 Å². The molecule has 11 aromatic rings.